The highest BCUT2D eigenvalue weighted by atomic mass is 19.4. The van der Waals surface area contributed by atoms with Gasteiger partial charge >= 0.3 is 12.2 Å². The minimum atomic E-state index is -4.64. The fraction of sp³-hybridized carbons (Fsp3) is 0.375. The molecule has 1 spiro atoms. The third kappa shape index (κ3) is 4.55. The van der Waals surface area contributed by atoms with Crippen molar-refractivity contribution in [2.75, 3.05) is 25.4 Å². The summed E-state index contributed by atoms with van der Waals surface area (Å²) in [6.45, 7) is 3.29. The van der Waals surface area contributed by atoms with Gasteiger partial charge in [-0.05, 0) is 30.7 Å². The van der Waals surface area contributed by atoms with E-state index in [1.54, 1.807) is 34.0 Å². The molecule has 2 unspecified atom stereocenters. The van der Waals surface area contributed by atoms with Crippen LogP contribution in [0.5, 0.6) is 0 Å². The topological polar surface area (TPSA) is 135 Å². The maximum absolute atomic E-state index is 13.3. The van der Waals surface area contributed by atoms with Gasteiger partial charge in [-0.3, -0.25) is 4.68 Å². The van der Waals surface area contributed by atoms with Gasteiger partial charge < -0.3 is 20.7 Å². The normalized spacial score (nSPS) is 19.9. The van der Waals surface area contributed by atoms with Gasteiger partial charge in [-0.15, -0.1) is 0 Å². The fourth-order valence-electron chi connectivity index (χ4n) is 4.71. The molecule has 5 heterocycles. The summed E-state index contributed by atoms with van der Waals surface area (Å²) in [6, 6.07) is 7.30. The first-order chi connectivity index (χ1) is 17.6. The third-order valence-electron chi connectivity index (χ3n) is 6.71. The average molecular weight is 512 g/mol. The van der Waals surface area contributed by atoms with Crippen molar-refractivity contribution in [3.63, 3.8) is 0 Å². The number of nitrogens with zero attached hydrogens (tertiary/aromatic N) is 6. The molecule has 2 atom stereocenters. The molecule has 3 aromatic heterocycles. The van der Waals surface area contributed by atoms with Crippen LogP contribution in [-0.4, -0.2) is 50.4 Å². The lowest BCUT2D eigenvalue weighted by molar-refractivity contribution is -0.137. The predicted octanol–water partition coefficient (Wildman–Crippen LogP) is 3.21. The van der Waals surface area contributed by atoms with E-state index in [9.17, 15) is 18.0 Å². The average Bonchev–Trinajstić information content (AvgIpc) is 3.50. The number of aromatic nitrogens is 4. The Balaban J connectivity index is 1.35. The van der Waals surface area contributed by atoms with Gasteiger partial charge in [0.05, 0.1) is 42.7 Å². The number of nitrogens with two attached hydrogens (primary N) is 1. The Morgan fingerprint density at radius 1 is 1.27 bits per heavy atom. The molecule has 37 heavy (non-hydrogen) atoms. The van der Waals surface area contributed by atoms with Crippen molar-refractivity contribution >= 4 is 11.8 Å². The molecule has 5 rings (SSSR count). The monoisotopic (exact) mass is 512 g/mol. The number of nitriles is 1. The highest BCUT2D eigenvalue weighted by molar-refractivity contribution is 5.75. The number of hydrogen-bond donors (Lipinski definition) is 2. The summed E-state index contributed by atoms with van der Waals surface area (Å²) in [4.78, 5) is 22.4. The number of halogens is 3. The lowest BCUT2D eigenvalue weighted by Gasteiger charge is -2.34. The summed E-state index contributed by atoms with van der Waals surface area (Å²) in [5.74, 6) is -0.594. The van der Waals surface area contributed by atoms with Crippen LogP contribution < -0.4 is 11.1 Å². The van der Waals surface area contributed by atoms with Crippen LogP contribution in [0.4, 0.5) is 23.8 Å². The van der Waals surface area contributed by atoms with Crippen LogP contribution in [-0.2, 0) is 23.1 Å². The summed E-state index contributed by atoms with van der Waals surface area (Å²) in [7, 11) is 0. The van der Waals surface area contributed by atoms with Gasteiger partial charge in [0.2, 0.25) is 0 Å². The molecule has 2 aliphatic heterocycles. The maximum Gasteiger partial charge on any atom is 0.419 e. The van der Waals surface area contributed by atoms with Gasteiger partial charge in [-0.25, -0.2) is 14.8 Å². The summed E-state index contributed by atoms with van der Waals surface area (Å²) in [6.07, 6.45) is -1.32. The molecule has 0 bridgehead atoms. The minimum absolute atomic E-state index is 0.191. The third-order valence-corrected chi connectivity index (χ3v) is 6.71. The van der Waals surface area contributed by atoms with Crippen molar-refractivity contribution in [2.45, 2.75) is 37.7 Å². The van der Waals surface area contributed by atoms with E-state index in [2.05, 4.69) is 20.4 Å². The number of nitrogen functional groups attached to an aromatic ring is 1. The molecular formula is C24H23F3N8O2. The highest BCUT2D eigenvalue weighted by Crippen LogP contribution is 2.41. The molecule has 1 fully saturated rings. The first-order valence-electron chi connectivity index (χ1n) is 11.6. The number of nitrogens with one attached hydrogen (secondary N) is 1. The van der Waals surface area contributed by atoms with E-state index in [1.807, 2.05) is 13.0 Å². The van der Waals surface area contributed by atoms with E-state index in [0.717, 1.165) is 11.6 Å². The number of alkyl halides is 3. The van der Waals surface area contributed by atoms with Crippen LogP contribution in [0, 0.1) is 11.3 Å². The second kappa shape index (κ2) is 9.04. The Morgan fingerprint density at radius 3 is 2.78 bits per heavy atom. The largest absolute Gasteiger partial charge is 0.419 e. The van der Waals surface area contributed by atoms with Crippen molar-refractivity contribution in [1.29, 1.82) is 5.26 Å². The number of fused-ring (bicyclic) bond motifs is 2. The van der Waals surface area contributed by atoms with E-state index < -0.39 is 23.2 Å². The summed E-state index contributed by atoms with van der Waals surface area (Å²) in [5.41, 5.74) is 5.85. The van der Waals surface area contributed by atoms with Crippen LogP contribution >= 0.6 is 0 Å². The van der Waals surface area contributed by atoms with Crippen LogP contribution in [0.15, 0.2) is 36.7 Å². The zero-order valence-electron chi connectivity index (χ0n) is 19.8. The standard InChI is InChI=1S/C24H23F3N8O2/c1-14(15-2-3-17(10-28)30-11-15)32-22(36)34-5-4-23(13-34)20-9-19(33-35(20)6-7-37-23)16-8-18(24(25,26)27)21(29)31-12-16/h2-3,8-9,11-12,14H,4-7,13H2,1H3,(H2,29,31)(H,32,36). The molecule has 10 nitrogen and oxygen atoms in total. The van der Waals surface area contributed by atoms with Crippen molar-refractivity contribution in [1.82, 2.24) is 30.0 Å². The van der Waals surface area contributed by atoms with Gasteiger partial charge in [0, 0.05) is 30.9 Å². The number of carbonyl (C=O) groups is 1. The van der Waals surface area contributed by atoms with Crippen LogP contribution in [0.1, 0.15) is 41.9 Å². The number of rotatable bonds is 3. The van der Waals surface area contributed by atoms with Crippen molar-refractivity contribution < 1.29 is 22.7 Å². The van der Waals surface area contributed by atoms with Crippen LogP contribution in [0.25, 0.3) is 11.3 Å². The summed E-state index contributed by atoms with van der Waals surface area (Å²) >= 11 is 0. The molecule has 3 aromatic rings. The smallest absolute Gasteiger partial charge is 0.383 e. The molecule has 0 aliphatic carbocycles. The van der Waals surface area contributed by atoms with Crippen molar-refractivity contribution in [3.8, 4) is 17.3 Å². The molecule has 2 aliphatic rings. The number of urea groups is 1. The first kappa shape index (κ1) is 24.5. The Bertz CT molecular complexity index is 1380. The zero-order valence-corrected chi connectivity index (χ0v) is 19.8. The van der Waals surface area contributed by atoms with Gasteiger partial charge in [0.15, 0.2) is 0 Å². The van der Waals surface area contributed by atoms with E-state index in [4.69, 9.17) is 15.7 Å². The quantitative estimate of drug-likeness (QED) is 0.550. The zero-order chi connectivity index (χ0) is 26.4. The Kier molecular flexibility index (Phi) is 5.99. The van der Waals surface area contributed by atoms with Crippen LogP contribution in [0.3, 0.4) is 0 Å². The molecule has 1 saturated heterocycles. The SMILES string of the molecule is CC(NC(=O)N1CCC2(C1)OCCn1nc(-c3cnc(N)c(C(F)(F)F)c3)cc12)c1ccc(C#N)nc1. The number of likely N-dealkylation sites (tertiary alicyclic amines) is 1. The molecular weight excluding hydrogens is 489 g/mol. The number of hydrogen-bond acceptors (Lipinski definition) is 7. The summed E-state index contributed by atoms with van der Waals surface area (Å²) in [5, 5.41) is 16.4. The van der Waals surface area contributed by atoms with Gasteiger partial charge in [-0.2, -0.15) is 23.5 Å². The molecule has 0 saturated carbocycles. The lowest BCUT2D eigenvalue weighted by atomic mass is 9.96. The Labute approximate surface area is 209 Å². The molecule has 192 valence electrons. The van der Waals surface area contributed by atoms with Crippen molar-refractivity contribution in [3.05, 3.63) is 59.2 Å². The number of pyridine rings is 2. The highest BCUT2D eigenvalue weighted by Gasteiger charge is 2.47. The number of ether oxygens (including phenoxy) is 1. The predicted molar refractivity (Wildman–Crippen MR) is 125 cm³/mol. The molecule has 2 amide bonds. The lowest BCUT2D eigenvalue weighted by Crippen LogP contribution is -2.44. The number of amides is 2. The van der Waals surface area contributed by atoms with E-state index in [0.29, 0.717) is 43.2 Å². The summed E-state index contributed by atoms with van der Waals surface area (Å²) < 4.78 is 47.9. The fourth-order valence-corrected chi connectivity index (χ4v) is 4.71. The Hall–Kier alpha value is -4.18. The second-order valence-corrected chi connectivity index (χ2v) is 9.07. The van der Waals surface area contributed by atoms with Crippen LogP contribution in [0.2, 0.25) is 0 Å². The minimum Gasteiger partial charge on any atom is -0.383 e. The number of anilines is 1. The van der Waals surface area contributed by atoms with E-state index in [1.165, 1.54) is 6.20 Å². The molecule has 13 heteroatoms. The molecule has 0 radical (unpaired) electrons. The van der Waals surface area contributed by atoms with Gasteiger partial charge in [0.1, 0.15) is 23.2 Å². The Morgan fingerprint density at radius 2 is 2.08 bits per heavy atom. The second-order valence-electron chi connectivity index (χ2n) is 9.07. The number of carbonyl (C=O) groups excluding carboxylic acids is 1. The van der Waals surface area contributed by atoms with Gasteiger partial charge in [-0.1, -0.05) is 6.07 Å². The van der Waals surface area contributed by atoms with Gasteiger partial charge in [0.25, 0.3) is 0 Å². The van der Waals surface area contributed by atoms with E-state index >= 15 is 0 Å². The molecule has 0 aromatic carbocycles. The van der Waals surface area contributed by atoms with E-state index in [-0.39, 0.29) is 24.2 Å². The first-order valence-corrected chi connectivity index (χ1v) is 11.6. The maximum atomic E-state index is 13.3. The molecule has 3 N–H and O–H groups in total. The van der Waals surface area contributed by atoms with Crippen molar-refractivity contribution in [2.24, 2.45) is 0 Å².